The summed E-state index contributed by atoms with van der Waals surface area (Å²) in [7, 11) is -4.00. The number of carboxylic acid groups (broad SMARTS) is 1. The van der Waals surface area contributed by atoms with Gasteiger partial charge in [0.15, 0.2) is 5.78 Å². The fraction of sp³-hybridized carbons (Fsp3) is 0.231. The molecule has 0 spiro atoms. The molecule has 0 aliphatic heterocycles. The molecule has 0 aliphatic carbocycles. The first-order valence-corrected chi connectivity index (χ1v) is 6.99. The summed E-state index contributed by atoms with van der Waals surface area (Å²) in [5.74, 6) is 0.612. The van der Waals surface area contributed by atoms with E-state index in [4.69, 9.17) is 11.5 Å². The fourth-order valence-corrected chi connectivity index (χ4v) is 2.79. The molecule has 0 aliphatic rings. The van der Waals surface area contributed by atoms with Crippen molar-refractivity contribution >= 4 is 21.8 Å². The molecular weight excluding hydrogens is 282 g/mol. The van der Waals surface area contributed by atoms with Gasteiger partial charge in [-0.2, -0.15) is 4.31 Å². The van der Waals surface area contributed by atoms with Gasteiger partial charge in [-0.3, -0.25) is 9.59 Å². The number of hydrogen-bond acceptors (Lipinski definition) is 4. The minimum atomic E-state index is -4.00. The Labute approximate surface area is 117 Å². The quantitative estimate of drug-likeness (QED) is 0.613. The Morgan fingerprint density at radius 1 is 1.30 bits per heavy atom. The lowest BCUT2D eigenvalue weighted by Gasteiger charge is -2.17. The number of Topliss-reactive ketones (excluding diaryl/α,β-unsaturated/α-hetero) is 1. The van der Waals surface area contributed by atoms with E-state index in [-0.39, 0.29) is 17.2 Å². The molecule has 20 heavy (non-hydrogen) atoms. The van der Waals surface area contributed by atoms with Gasteiger partial charge in [0.05, 0.1) is 11.4 Å². The Kier molecular flexibility index (Phi) is 5.02. The summed E-state index contributed by atoms with van der Waals surface area (Å²) in [5.41, 5.74) is 0.366. The number of terminal acetylenes is 1. The zero-order chi connectivity index (χ0) is 15.3. The molecule has 6 nitrogen and oxygen atoms in total. The maximum absolute atomic E-state index is 12.2. The number of carbonyl (C=O) groups is 2. The summed E-state index contributed by atoms with van der Waals surface area (Å²) in [4.78, 5) is 21.7. The van der Waals surface area contributed by atoms with Crippen LogP contribution in [0.15, 0.2) is 29.2 Å². The van der Waals surface area contributed by atoms with Crippen LogP contribution in [0.3, 0.4) is 0 Å². The van der Waals surface area contributed by atoms with Gasteiger partial charge >= 0.3 is 5.97 Å². The number of aliphatic carboxylic acids is 1. The van der Waals surface area contributed by atoms with Gasteiger partial charge in [0.1, 0.15) is 6.54 Å². The van der Waals surface area contributed by atoms with Crippen molar-refractivity contribution in [1.82, 2.24) is 4.31 Å². The normalized spacial score (nSPS) is 11.1. The lowest BCUT2D eigenvalue weighted by atomic mass is 10.2. The molecule has 0 fully saturated rings. The lowest BCUT2D eigenvalue weighted by Crippen LogP contribution is -2.36. The summed E-state index contributed by atoms with van der Waals surface area (Å²) >= 11 is 0. The van der Waals surface area contributed by atoms with Gasteiger partial charge in [-0.25, -0.2) is 8.42 Å². The van der Waals surface area contributed by atoms with E-state index in [0.717, 1.165) is 0 Å². The average Bonchev–Trinajstić information content (AvgIpc) is 2.37. The molecule has 0 bridgehead atoms. The zero-order valence-corrected chi connectivity index (χ0v) is 11.6. The topological polar surface area (TPSA) is 91.8 Å². The van der Waals surface area contributed by atoms with Crippen molar-refractivity contribution < 1.29 is 23.1 Å². The predicted octanol–water partition coefficient (Wildman–Crippen LogP) is 0.598. The van der Waals surface area contributed by atoms with Crippen LogP contribution < -0.4 is 0 Å². The molecule has 0 atom stereocenters. The molecule has 7 heteroatoms. The SMILES string of the molecule is C#CCN(CC(=O)O)S(=O)(=O)c1ccc(C(C)=O)cc1. The van der Waals surface area contributed by atoms with Crippen LogP contribution in [0.2, 0.25) is 0 Å². The Morgan fingerprint density at radius 2 is 1.85 bits per heavy atom. The third-order valence-corrected chi connectivity index (χ3v) is 4.28. The second-order valence-electron chi connectivity index (χ2n) is 3.95. The standard InChI is InChI=1S/C13H13NO5S/c1-3-8-14(9-13(16)17)20(18,19)12-6-4-11(5-7-12)10(2)15/h1,4-7H,8-9H2,2H3,(H,16,17). The second-order valence-corrected chi connectivity index (χ2v) is 5.89. The van der Waals surface area contributed by atoms with E-state index in [1.165, 1.54) is 31.2 Å². The van der Waals surface area contributed by atoms with Crippen LogP contribution in [0.1, 0.15) is 17.3 Å². The van der Waals surface area contributed by atoms with E-state index in [0.29, 0.717) is 9.87 Å². The summed E-state index contributed by atoms with van der Waals surface area (Å²) in [6.45, 7) is 0.294. The number of rotatable bonds is 6. The van der Waals surface area contributed by atoms with E-state index >= 15 is 0 Å². The lowest BCUT2D eigenvalue weighted by molar-refractivity contribution is -0.137. The molecule has 0 unspecified atom stereocenters. The summed E-state index contributed by atoms with van der Waals surface area (Å²) < 4.78 is 25.1. The third kappa shape index (κ3) is 3.66. The maximum Gasteiger partial charge on any atom is 0.318 e. The van der Waals surface area contributed by atoms with Crippen LogP contribution in [0.5, 0.6) is 0 Å². The molecule has 0 amide bonds. The molecule has 0 saturated heterocycles. The number of carbonyl (C=O) groups excluding carboxylic acids is 1. The highest BCUT2D eigenvalue weighted by molar-refractivity contribution is 7.89. The molecule has 1 N–H and O–H groups in total. The van der Waals surface area contributed by atoms with E-state index in [2.05, 4.69) is 5.92 Å². The molecule has 1 aromatic carbocycles. The maximum atomic E-state index is 12.2. The van der Waals surface area contributed by atoms with Crippen LogP contribution in [-0.4, -0.2) is 42.7 Å². The van der Waals surface area contributed by atoms with Crippen LogP contribution >= 0.6 is 0 Å². The van der Waals surface area contributed by atoms with Gasteiger partial charge in [0.25, 0.3) is 0 Å². The first-order chi connectivity index (χ1) is 9.28. The number of hydrogen-bond donors (Lipinski definition) is 1. The monoisotopic (exact) mass is 295 g/mol. The smallest absolute Gasteiger partial charge is 0.318 e. The van der Waals surface area contributed by atoms with Crippen molar-refractivity contribution in [2.45, 2.75) is 11.8 Å². The van der Waals surface area contributed by atoms with Gasteiger partial charge in [-0.1, -0.05) is 18.1 Å². The van der Waals surface area contributed by atoms with Crippen molar-refractivity contribution in [3.63, 3.8) is 0 Å². The zero-order valence-electron chi connectivity index (χ0n) is 10.7. The molecule has 106 valence electrons. The highest BCUT2D eigenvalue weighted by atomic mass is 32.2. The van der Waals surface area contributed by atoms with E-state index in [1.807, 2.05) is 0 Å². The molecule has 0 radical (unpaired) electrons. The Balaban J connectivity index is 3.16. The average molecular weight is 295 g/mol. The number of carboxylic acids is 1. The van der Waals surface area contributed by atoms with Crippen molar-refractivity contribution in [1.29, 1.82) is 0 Å². The second kappa shape index (κ2) is 6.32. The van der Waals surface area contributed by atoms with Crippen LogP contribution in [-0.2, 0) is 14.8 Å². The van der Waals surface area contributed by atoms with Crippen LogP contribution in [0, 0.1) is 12.3 Å². The number of nitrogens with zero attached hydrogens (tertiary/aromatic N) is 1. The molecule has 0 aromatic heterocycles. The minimum absolute atomic E-state index is 0.112. The van der Waals surface area contributed by atoms with Crippen molar-refractivity contribution in [2.24, 2.45) is 0 Å². The molecular formula is C13H13NO5S. The van der Waals surface area contributed by atoms with Gasteiger partial charge in [-0.15, -0.1) is 6.42 Å². The number of ketones is 1. The highest BCUT2D eigenvalue weighted by Gasteiger charge is 2.25. The van der Waals surface area contributed by atoms with E-state index < -0.39 is 22.5 Å². The van der Waals surface area contributed by atoms with Crippen LogP contribution in [0.25, 0.3) is 0 Å². The first kappa shape index (κ1) is 15.9. The molecule has 0 heterocycles. The Morgan fingerprint density at radius 3 is 2.25 bits per heavy atom. The summed E-state index contributed by atoms with van der Waals surface area (Å²) in [6.07, 6.45) is 5.05. The van der Waals surface area contributed by atoms with Crippen molar-refractivity contribution in [3.8, 4) is 12.3 Å². The van der Waals surface area contributed by atoms with Gasteiger partial charge < -0.3 is 5.11 Å². The first-order valence-electron chi connectivity index (χ1n) is 5.55. The largest absolute Gasteiger partial charge is 0.480 e. The van der Waals surface area contributed by atoms with E-state index in [9.17, 15) is 18.0 Å². The minimum Gasteiger partial charge on any atom is -0.480 e. The highest BCUT2D eigenvalue weighted by Crippen LogP contribution is 2.16. The Bertz CT molecular complexity index is 655. The van der Waals surface area contributed by atoms with Crippen molar-refractivity contribution in [2.75, 3.05) is 13.1 Å². The van der Waals surface area contributed by atoms with Gasteiger partial charge in [0.2, 0.25) is 10.0 Å². The number of sulfonamides is 1. The predicted molar refractivity (Wildman–Crippen MR) is 71.7 cm³/mol. The summed E-state index contributed by atoms with van der Waals surface area (Å²) in [5, 5.41) is 8.72. The van der Waals surface area contributed by atoms with Gasteiger partial charge in [0, 0.05) is 5.56 Å². The Hall–Kier alpha value is -2.17. The van der Waals surface area contributed by atoms with Crippen LogP contribution in [0.4, 0.5) is 0 Å². The van der Waals surface area contributed by atoms with E-state index in [1.54, 1.807) is 0 Å². The molecule has 0 saturated carbocycles. The third-order valence-electron chi connectivity index (χ3n) is 2.48. The number of benzene rings is 1. The van der Waals surface area contributed by atoms with Crippen molar-refractivity contribution in [3.05, 3.63) is 29.8 Å². The molecule has 1 rings (SSSR count). The fourth-order valence-electron chi connectivity index (χ4n) is 1.49. The van der Waals surface area contributed by atoms with Gasteiger partial charge in [-0.05, 0) is 19.1 Å². The molecule has 1 aromatic rings. The summed E-state index contributed by atoms with van der Waals surface area (Å²) in [6, 6.07) is 5.23.